The summed E-state index contributed by atoms with van der Waals surface area (Å²) in [4.78, 5) is 26.4. The summed E-state index contributed by atoms with van der Waals surface area (Å²) in [5.41, 5.74) is 8.50. The van der Waals surface area contributed by atoms with E-state index in [1.54, 1.807) is 5.48 Å². The lowest BCUT2D eigenvalue weighted by molar-refractivity contribution is -0.253. The van der Waals surface area contributed by atoms with Gasteiger partial charge in [0.15, 0.2) is 6.29 Å². The summed E-state index contributed by atoms with van der Waals surface area (Å²) in [5.74, 6) is -0.367. The minimum Gasteiger partial charge on any atom is -0.392 e. The number of nitrogens with one attached hydrogen (secondary N) is 2. The lowest BCUT2D eigenvalue weighted by atomic mass is 9.65. The van der Waals surface area contributed by atoms with Crippen LogP contribution in [0.3, 0.4) is 0 Å². The van der Waals surface area contributed by atoms with E-state index in [0.717, 1.165) is 72.2 Å². The molecule has 280 valence electrons. The molecule has 1 saturated carbocycles. The van der Waals surface area contributed by atoms with Crippen molar-refractivity contribution >= 4 is 11.8 Å². The first-order valence-corrected chi connectivity index (χ1v) is 19.2. The molecule has 0 aromatic heterocycles. The second-order valence-corrected chi connectivity index (χ2v) is 16.5. The van der Waals surface area contributed by atoms with E-state index in [2.05, 4.69) is 79.5 Å². The monoisotopic (exact) mass is 711 g/mol. The SMILES string of the molecule is CC1(C)CC2CC(C)(CN2CC2CC(c3ccc(CO)cc3)OC(c3ccc(-c4ccccc4CNC(=O)CCCCCCC(=O)NO)cc3)O2)C1. The minimum absolute atomic E-state index is 0.00941. The maximum atomic E-state index is 12.6. The summed E-state index contributed by atoms with van der Waals surface area (Å²) in [6.45, 7) is 9.76. The van der Waals surface area contributed by atoms with Gasteiger partial charge in [-0.05, 0) is 70.8 Å². The number of unbranched alkanes of at least 4 members (excludes halogenated alkanes) is 3. The van der Waals surface area contributed by atoms with Gasteiger partial charge in [-0.3, -0.25) is 19.7 Å². The summed E-state index contributed by atoms with van der Waals surface area (Å²) in [6.07, 6.45) is 7.79. The Labute approximate surface area is 309 Å². The zero-order chi connectivity index (χ0) is 36.7. The van der Waals surface area contributed by atoms with Crippen molar-refractivity contribution in [3.8, 4) is 11.1 Å². The Morgan fingerprint density at radius 1 is 0.846 bits per heavy atom. The molecule has 52 heavy (non-hydrogen) atoms. The van der Waals surface area contributed by atoms with Gasteiger partial charge < -0.3 is 19.9 Å². The number of aliphatic hydroxyl groups is 1. The summed E-state index contributed by atoms with van der Waals surface area (Å²) in [6, 6.07) is 25.3. The van der Waals surface area contributed by atoms with Gasteiger partial charge in [0.25, 0.3) is 0 Å². The largest absolute Gasteiger partial charge is 0.392 e. The molecule has 3 aliphatic rings. The highest BCUT2D eigenvalue weighted by Crippen LogP contribution is 2.53. The molecular formula is C43H57N3O6. The molecule has 2 amide bonds. The number of carbonyl (C=O) groups excluding carboxylic acids is 2. The first-order chi connectivity index (χ1) is 25.0. The predicted molar refractivity (Wildman–Crippen MR) is 201 cm³/mol. The Kier molecular flexibility index (Phi) is 12.5. The van der Waals surface area contributed by atoms with Gasteiger partial charge in [-0.25, -0.2) is 5.48 Å². The smallest absolute Gasteiger partial charge is 0.243 e. The zero-order valence-electron chi connectivity index (χ0n) is 31.1. The summed E-state index contributed by atoms with van der Waals surface area (Å²) >= 11 is 0. The van der Waals surface area contributed by atoms with E-state index >= 15 is 0 Å². The topological polar surface area (TPSA) is 120 Å². The van der Waals surface area contributed by atoms with Gasteiger partial charge in [-0.2, -0.15) is 0 Å². The van der Waals surface area contributed by atoms with Crippen molar-refractivity contribution in [1.29, 1.82) is 0 Å². The number of hydroxylamine groups is 1. The molecule has 5 atom stereocenters. The van der Waals surface area contributed by atoms with Crippen molar-refractivity contribution < 1.29 is 29.4 Å². The standard InChI is InChI=1S/C43H57N3O6/c1-42(2)23-35-24-43(3,28-42)29-46(35)26-36-22-38(32-16-14-30(27-47)15-17-32)52-41(51-36)33-20-18-31(19-21-33)37-11-9-8-10-34(37)25-44-39(48)12-6-4-5-7-13-40(49)45-50/h8-11,14-21,35-36,38,41,47,50H,4-7,12-13,22-29H2,1-3H3,(H,44,48)(H,45,49). The van der Waals surface area contributed by atoms with E-state index in [-0.39, 0.29) is 30.6 Å². The number of likely N-dealkylation sites (tertiary alicyclic amines) is 1. The number of hydrogen-bond acceptors (Lipinski definition) is 7. The number of aliphatic hydroxyl groups excluding tert-OH is 1. The Balaban J connectivity index is 1.10. The van der Waals surface area contributed by atoms with Crippen LogP contribution in [0, 0.1) is 10.8 Å². The maximum Gasteiger partial charge on any atom is 0.243 e. The van der Waals surface area contributed by atoms with Crippen molar-refractivity contribution in [3.05, 3.63) is 95.1 Å². The molecule has 0 spiro atoms. The molecule has 9 nitrogen and oxygen atoms in total. The van der Waals surface area contributed by atoms with Crippen LogP contribution in [0.25, 0.3) is 11.1 Å². The average Bonchev–Trinajstić information content (AvgIpc) is 3.38. The van der Waals surface area contributed by atoms with Gasteiger partial charge in [-0.15, -0.1) is 0 Å². The van der Waals surface area contributed by atoms with Crippen LogP contribution in [0.15, 0.2) is 72.8 Å². The second kappa shape index (κ2) is 17.0. The molecule has 2 bridgehead atoms. The minimum atomic E-state index is -0.509. The van der Waals surface area contributed by atoms with E-state index < -0.39 is 6.29 Å². The molecule has 0 radical (unpaired) electrons. The number of benzene rings is 3. The molecule has 2 saturated heterocycles. The van der Waals surface area contributed by atoms with Crippen LogP contribution in [0.5, 0.6) is 0 Å². The van der Waals surface area contributed by atoms with E-state index in [9.17, 15) is 14.7 Å². The second-order valence-electron chi connectivity index (χ2n) is 16.5. The Hall–Kier alpha value is -3.60. The van der Waals surface area contributed by atoms with Crippen LogP contribution in [-0.4, -0.2) is 52.3 Å². The third kappa shape index (κ3) is 9.88. The van der Waals surface area contributed by atoms with Crippen LogP contribution < -0.4 is 10.8 Å². The normalized spacial score (nSPS) is 25.5. The molecular weight excluding hydrogens is 654 g/mol. The number of nitrogens with zero attached hydrogens (tertiary/aromatic N) is 1. The van der Waals surface area contributed by atoms with Crippen molar-refractivity contribution in [2.24, 2.45) is 10.8 Å². The number of hydrogen-bond donors (Lipinski definition) is 4. The molecule has 4 N–H and O–H groups in total. The van der Waals surface area contributed by atoms with Gasteiger partial charge in [0, 0.05) is 50.5 Å². The van der Waals surface area contributed by atoms with E-state index in [0.29, 0.717) is 42.7 Å². The van der Waals surface area contributed by atoms with Crippen LogP contribution in [-0.2, 0) is 32.2 Å². The van der Waals surface area contributed by atoms with Gasteiger partial charge in [0.2, 0.25) is 11.8 Å². The fourth-order valence-electron chi connectivity index (χ4n) is 9.12. The first kappa shape index (κ1) is 38.1. The average molecular weight is 712 g/mol. The third-order valence-corrected chi connectivity index (χ3v) is 11.2. The van der Waals surface area contributed by atoms with Gasteiger partial charge in [0.1, 0.15) is 0 Å². The van der Waals surface area contributed by atoms with E-state index in [4.69, 9.17) is 14.7 Å². The van der Waals surface area contributed by atoms with Crippen LogP contribution in [0.1, 0.15) is 120 Å². The highest BCUT2D eigenvalue weighted by atomic mass is 16.7. The van der Waals surface area contributed by atoms with Crippen LogP contribution in [0.4, 0.5) is 0 Å². The number of fused-ring (bicyclic) bond motifs is 2. The lowest BCUT2D eigenvalue weighted by Crippen LogP contribution is -2.42. The quantitative estimate of drug-likeness (QED) is 0.0723. The molecule has 3 aromatic rings. The highest BCUT2D eigenvalue weighted by Gasteiger charge is 2.50. The molecule has 6 rings (SSSR count). The lowest BCUT2D eigenvalue weighted by Gasteiger charge is -2.41. The first-order valence-electron chi connectivity index (χ1n) is 19.2. The summed E-state index contributed by atoms with van der Waals surface area (Å²) < 4.78 is 13.5. The molecule has 3 aromatic carbocycles. The maximum absolute atomic E-state index is 12.6. The summed E-state index contributed by atoms with van der Waals surface area (Å²) in [7, 11) is 0. The molecule has 1 aliphatic carbocycles. The van der Waals surface area contributed by atoms with Crippen molar-refractivity contribution in [2.45, 2.75) is 123 Å². The van der Waals surface area contributed by atoms with Gasteiger partial charge in [-0.1, -0.05) is 106 Å². The van der Waals surface area contributed by atoms with Gasteiger partial charge >= 0.3 is 0 Å². The molecule has 2 aliphatic heterocycles. The Morgan fingerprint density at radius 3 is 2.25 bits per heavy atom. The number of carbonyl (C=O) groups is 2. The van der Waals surface area contributed by atoms with Crippen molar-refractivity contribution in [1.82, 2.24) is 15.7 Å². The number of rotatable bonds is 15. The molecule has 2 heterocycles. The van der Waals surface area contributed by atoms with Crippen LogP contribution >= 0.6 is 0 Å². The number of ether oxygens (including phenoxy) is 2. The van der Waals surface area contributed by atoms with E-state index in [1.165, 1.54) is 19.3 Å². The molecule has 3 fully saturated rings. The fourth-order valence-corrected chi connectivity index (χ4v) is 9.12. The number of amides is 2. The van der Waals surface area contributed by atoms with E-state index in [1.807, 2.05) is 24.3 Å². The highest BCUT2D eigenvalue weighted by molar-refractivity contribution is 5.76. The predicted octanol–water partition coefficient (Wildman–Crippen LogP) is 7.75. The van der Waals surface area contributed by atoms with Crippen LogP contribution in [0.2, 0.25) is 0 Å². The zero-order valence-corrected chi connectivity index (χ0v) is 31.1. The summed E-state index contributed by atoms with van der Waals surface area (Å²) in [5, 5.41) is 21.3. The van der Waals surface area contributed by atoms with Crippen molar-refractivity contribution in [3.63, 3.8) is 0 Å². The third-order valence-electron chi connectivity index (χ3n) is 11.2. The van der Waals surface area contributed by atoms with Gasteiger partial charge in [0.05, 0.1) is 18.8 Å². The fraction of sp³-hybridized carbons (Fsp3) is 0.535. The molecule has 9 heteroatoms. The molecule has 5 unspecified atom stereocenters. The Morgan fingerprint density at radius 2 is 1.54 bits per heavy atom. The van der Waals surface area contributed by atoms with Crippen molar-refractivity contribution in [2.75, 3.05) is 13.1 Å². The Bertz CT molecular complexity index is 1640.